The summed E-state index contributed by atoms with van der Waals surface area (Å²) in [6, 6.07) is 9.40. The van der Waals surface area contributed by atoms with Gasteiger partial charge in [0.25, 0.3) is 0 Å². The fraction of sp³-hybridized carbons (Fsp3) is 0.154. The van der Waals surface area contributed by atoms with Crippen LogP contribution in [-0.4, -0.2) is 10.1 Å². The molecular formula is C13H10F3NO2. The van der Waals surface area contributed by atoms with Gasteiger partial charge in [0.2, 0.25) is 5.88 Å². The van der Waals surface area contributed by atoms with Gasteiger partial charge in [-0.2, -0.15) is 13.2 Å². The summed E-state index contributed by atoms with van der Waals surface area (Å²) in [5, 5.41) is 8.91. The maximum atomic E-state index is 12.8. The zero-order valence-corrected chi connectivity index (χ0v) is 9.69. The lowest BCUT2D eigenvalue weighted by Gasteiger charge is -2.13. The minimum atomic E-state index is -4.49. The van der Waals surface area contributed by atoms with Crippen molar-refractivity contribution in [3.63, 3.8) is 0 Å². The van der Waals surface area contributed by atoms with E-state index >= 15 is 0 Å². The maximum Gasteiger partial charge on any atom is 0.419 e. The fourth-order valence-electron chi connectivity index (χ4n) is 1.50. The maximum absolute atomic E-state index is 12.8. The minimum Gasteiger partial charge on any atom is -0.438 e. The van der Waals surface area contributed by atoms with Crippen LogP contribution in [0, 0.1) is 0 Å². The molecule has 0 saturated carbocycles. The average molecular weight is 269 g/mol. The van der Waals surface area contributed by atoms with Crippen molar-refractivity contribution in [2.75, 3.05) is 0 Å². The monoisotopic (exact) mass is 269 g/mol. The first-order chi connectivity index (χ1) is 9.00. The van der Waals surface area contributed by atoms with E-state index in [0.29, 0.717) is 5.69 Å². The van der Waals surface area contributed by atoms with Gasteiger partial charge in [0.15, 0.2) is 0 Å². The molecule has 19 heavy (non-hydrogen) atoms. The number of hydrogen-bond donors (Lipinski definition) is 1. The number of pyridine rings is 1. The highest BCUT2D eigenvalue weighted by atomic mass is 19.4. The van der Waals surface area contributed by atoms with E-state index in [9.17, 15) is 13.2 Å². The summed E-state index contributed by atoms with van der Waals surface area (Å²) < 4.78 is 43.4. The lowest BCUT2D eigenvalue weighted by molar-refractivity contribution is -0.138. The van der Waals surface area contributed by atoms with E-state index in [0.717, 1.165) is 6.07 Å². The van der Waals surface area contributed by atoms with E-state index in [1.807, 2.05) is 0 Å². The van der Waals surface area contributed by atoms with Crippen molar-refractivity contribution in [1.82, 2.24) is 4.98 Å². The molecule has 1 N–H and O–H groups in total. The Hall–Kier alpha value is -2.08. The molecule has 2 aromatic rings. The number of para-hydroxylation sites is 1. The first-order valence-corrected chi connectivity index (χ1v) is 5.41. The van der Waals surface area contributed by atoms with Gasteiger partial charge in [-0.25, -0.2) is 4.98 Å². The number of ether oxygens (including phenoxy) is 1. The molecule has 0 aliphatic carbocycles. The molecule has 100 valence electrons. The number of aromatic nitrogens is 1. The largest absolute Gasteiger partial charge is 0.438 e. The number of aliphatic hydroxyl groups is 1. The summed E-state index contributed by atoms with van der Waals surface area (Å²) in [6.07, 6.45) is -4.49. The fourth-order valence-corrected chi connectivity index (χ4v) is 1.50. The number of benzene rings is 1. The second kappa shape index (κ2) is 5.27. The third kappa shape index (κ3) is 3.23. The third-order valence-corrected chi connectivity index (χ3v) is 2.35. The molecule has 6 heteroatoms. The molecule has 0 unspecified atom stereocenters. The molecule has 0 fully saturated rings. The van der Waals surface area contributed by atoms with E-state index in [-0.39, 0.29) is 18.2 Å². The van der Waals surface area contributed by atoms with Crippen molar-refractivity contribution >= 4 is 0 Å². The lowest BCUT2D eigenvalue weighted by atomic mass is 10.2. The van der Waals surface area contributed by atoms with Crippen LogP contribution in [0.3, 0.4) is 0 Å². The Morgan fingerprint density at radius 1 is 1.05 bits per heavy atom. The van der Waals surface area contributed by atoms with Crippen molar-refractivity contribution in [2.45, 2.75) is 12.8 Å². The van der Waals surface area contributed by atoms with Crippen LogP contribution in [0.25, 0.3) is 0 Å². The van der Waals surface area contributed by atoms with Gasteiger partial charge in [-0.05, 0) is 18.2 Å². The first-order valence-electron chi connectivity index (χ1n) is 5.41. The number of hydrogen-bond acceptors (Lipinski definition) is 3. The van der Waals surface area contributed by atoms with Crippen LogP contribution in [0.2, 0.25) is 0 Å². The molecular weight excluding hydrogens is 259 g/mol. The molecule has 0 spiro atoms. The smallest absolute Gasteiger partial charge is 0.419 e. The summed E-state index contributed by atoms with van der Waals surface area (Å²) in [4.78, 5) is 3.87. The van der Waals surface area contributed by atoms with Crippen molar-refractivity contribution in [3.05, 3.63) is 53.7 Å². The van der Waals surface area contributed by atoms with E-state index in [2.05, 4.69) is 4.98 Å². The van der Waals surface area contributed by atoms with Crippen LogP contribution >= 0.6 is 0 Å². The number of halogens is 3. The molecule has 1 aromatic carbocycles. The summed E-state index contributed by atoms with van der Waals surface area (Å²) in [5.41, 5.74) is -0.548. The van der Waals surface area contributed by atoms with E-state index in [1.54, 1.807) is 12.1 Å². The minimum absolute atomic E-state index is 0.00301. The van der Waals surface area contributed by atoms with Gasteiger partial charge < -0.3 is 9.84 Å². The number of nitrogens with zero attached hydrogens (tertiary/aromatic N) is 1. The SMILES string of the molecule is OCc1cccc(Oc2ccccc2C(F)(F)F)n1. The summed E-state index contributed by atoms with van der Waals surface area (Å²) >= 11 is 0. The van der Waals surface area contributed by atoms with Gasteiger partial charge in [0.05, 0.1) is 17.9 Å². The predicted molar refractivity (Wildman–Crippen MR) is 61.7 cm³/mol. The van der Waals surface area contributed by atoms with Crippen molar-refractivity contribution in [1.29, 1.82) is 0 Å². The molecule has 0 radical (unpaired) electrons. The van der Waals surface area contributed by atoms with Crippen LogP contribution < -0.4 is 4.74 Å². The molecule has 0 amide bonds. The predicted octanol–water partition coefficient (Wildman–Crippen LogP) is 3.39. The highest BCUT2D eigenvalue weighted by Gasteiger charge is 2.34. The lowest BCUT2D eigenvalue weighted by Crippen LogP contribution is -2.07. The Balaban J connectivity index is 2.33. The van der Waals surface area contributed by atoms with Gasteiger partial charge in [-0.1, -0.05) is 18.2 Å². The molecule has 3 nitrogen and oxygen atoms in total. The molecule has 0 aliphatic rings. The normalized spacial score (nSPS) is 11.4. The Bertz CT molecular complexity index is 570. The topological polar surface area (TPSA) is 42.4 Å². The molecule has 1 aromatic heterocycles. The average Bonchev–Trinajstić information content (AvgIpc) is 2.38. The molecule has 2 rings (SSSR count). The van der Waals surface area contributed by atoms with Crippen molar-refractivity contribution in [3.8, 4) is 11.6 Å². The van der Waals surface area contributed by atoms with E-state index in [1.165, 1.54) is 24.3 Å². The molecule has 0 aliphatic heterocycles. The Morgan fingerprint density at radius 3 is 2.47 bits per heavy atom. The van der Waals surface area contributed by atoms with Gasteiger partial charge in [0, 0.05) is 6.07 Å². The Kier molecular flexibility index (Phi) is 3.71. The summed E-state index contributed by atoms with van der Waals surface area (Å²) in [5.74, 6) is -0.319. The highest BCUT2D eigenvalue weighted by Crippen LogP contribution is 2.37. The first kappa shape index (κ1) is 13.4. The van der Waals surface area contributed by atoms with Crippen LogP contribution in [0.4, 0.5) is 13.2 Å². The van der Waals surface area contributed by atoms with Crippen LogP contribution in [0.1, 0.15) is 11.3 Å². The Labute approximate surface area is 107 Å². The second-order valence-electron chi connectivity index (χ2n) is 3.72. The molecule has 0 bridgehead atoms. The van der Waals surface area contributed by atoms with Crippen LogP contribution in [-0.2, 0) is 12.8 Å². The number of rotatable bonds is 3. The van der Waals surface area contributed by atoms with Gasteiger partial charge in [0.1, 0.15) is 5.75 Å². The van der Waals surface area contributed by atoms with E-state index < -0.39 is 11.7 Å². The number of aliphatic hydroxyl groups excluding tert-OH is 1. The highest BCUT2D eigenvalue weighted by molar-refractivity contribution is 5.38. The van der Waals surface area contributed by atoms with E-state index in [4.69, 9.17) is 9.84 Å². The molecule has 0 saturated heterocycles. The molecule has 1 heterocycles. The quantitative estimate of drug-likeness (QED) is 0.928. The number of alkyl halides is 3. The van der Waals surface area contributed by atoms with Gasteiger partial charge in [-0.3, -0.25) is 0 Å². The Morgan fingerprint density at radius 2 is 1.79 bits per heavy atom. The summed E-state index contributed by atoms with van der Waals surface area (Å²) in [6.45, 7) is -0.307. The van der Waals surface area contributed by atoms with Crippen LogP contribution in [0.5, 0.6) is 11.6 Å². The zero-order chi connectivity index (χ0) is 13.9. The second-order valence-corrected chi connectivity index (χ2v) is 3.72. The van der Waals surface area contributed by atoms with Crippen LogP contribution in [0.15, 0.2) is 42.5 Å². The van der Waals surface area contributed by atoms with Crippen molar-refractivity contribution < 1.29 is 23.0 Å². The third-order valence-electron chi connectivity index (χ3n) is 2.35. The summed E-state index contributed by atoms with van der Waals surface area (Å²) in [7, 11) is 0. The van der Waals surface area contributed by atoms with Gasteiger partial charge >= 0.3 is 6.18 Å². The molecule has 0 atom stereocenters. The standard InChI is InChI=1S/C13H10F3NO2/c14-13(15,16)10-5-1-2-6-11(10)19-12-7-3-4-9(8-18)17-12/h1-7,18H,8H2. The van der Waals surface area contributed by atoms with Crippen molar-refractivity contribution in [2.24, 2.45) is 0 Å². The zero-order valence-electron chi connectivity index (χ0n) is 9.69. The van der Waals surface area contributed by atoms with Gasteiger partial charge in [-0.15, -0.1) is 0 Å².